The third-order valence-corrected chi connectivity index (χ3v) is 3.32. The number of rotatable bonds is 3. The molecule has 116 valence electrons. The minimum absolute atomic E-state index is 0.0302. The highest BCUT2D eigenvalue weighted by Crippen LogP contribution is 2.31. The van der Waals surface area contributed by atoms with E-state index in [2.05, 4.69) is 4.98 Å². The zero-order valence-electron chi connectivity index (χ0n) is 12.7. The summed E-state index contributed by atoms with van der Waals surface area (Å²) in [4.78, 5) is 16.1. The molecule has 2 rings (SSSR count). The molecule has 1 aromatic carbocycles. The Labute approximate surface area is 132 Å². The van der Waals surface area contributed by atoms with Gasteiger partial charge >= 0.3 is 0 Å². The second-order valence-electron chi connectivity index (χ2n) is 5.30. The molecule has 4 N–H and O–H groups in total. The van der Waals surface area contributed by atoms with Crippen molar-refractivity contribution in [3.8, 4) is 29.0 Å². The van der Waals surface area contributed by atoms with Crippen molar-refractivity contribution in [2.75, 3.05) is 19.8 Å². The normalized spacial score (nSPS) is 10.3. The van der Waals surface area contributed by atoms with E-state index in [4.69, 9.17) is 5.73 Å². The number of nitrogens with one attached hydrogen (secondary N) is 1. The fraction of sp³-hybridized carbons (Fsp3) is 0.188. The van der Waals surface area contributed by atoms with E-state index in [-0.39, 0.29) is 28.3 Å². The summed E-state index contributed by atoms with van der Waals surface area (Å²) in [6.07, 6.45) is 0. The lowest BCUT2D eigenvalue weighted by Gasteiger charge is -2.14. The number of hydrogen-bond donors (Lipinski definition) is 3. The number of phenolic OH excluding ortho intramolecular Hbond substituents is 1. The van der Waals surface area contributed by atoms with Crippen molar-refractivity contribution in [3.63, 3.8) is 0 Å². The summed E-state index contributed by atoms with van der Waals surface area (Å²) in [5.74, 6) is 0.00557. The number of anilines is 1. The first-order chi connectivity index (χ1) is 10.9. The third kappa shape index (κ3) is 3.00. The van der Waals surface area contributed by atoms with Crippen LogP contribution in [0.2, 0.25) is 0 Å². The zero-order valence-corrected chi connectivity index (χ0v) is 12.7. The van der Waals surface area contributed by atoms with Gasteiger partial charge in [0.25, 0.3) is 5.56 Å². The van der Waals surface area contributed by atoms with Gasteiger partial charge in [0, 0.05) is 17.7 Å². The first kappa shape index (κ1) is 16.1. The molecule has 0 saturated heterocycles. The topological polar surface area (TPSA) is 130 Å². The number of phenols is 1. The van der Waals surface area contributed by atoms with Crippen LogP contribution in [0.25, 0.3) is 11.1 Å². The molecule has 0 aliphatic carbocycles. The van der Waals surface area contributed by atoms with Crippen LogP contribution in [-0.4, -0.2) is 29.1 Å². The van der Waals surface area contributed by atoms with E-state index in [0.717, 1.165) is 0 Å². The Morgan fingerprint density at radius 2 is 1.91 bits per heavy atom. The van der Waals surface area contributed by atoms with Crippen LogP contribution in [0.5, 0.6) is 5.75 Å². The van der Waals surface area contributed by atoms with E-state index in [0.29, 0.717) is 17.7 Å². The number of nitriles is 2. The van der Waals surface area contributed by atoms with Crippen LogP contribution < -0.4 is 11.3 Å². The summed E-state index contributed by atoms with van der Waals surface area (Å²) < 4.78 is 0. The average Bonchev–Trinajstić information content (AvgIpc) is 2.48. The fourth-order valence-electron chi connectivity index (χ4n) is 2.34. The number of nitrogens with zero attached hydrogens (tertiary/aromatic N) is 3. The van der Waals surface area contributed by atoms with Gasteiger partial charge in [0.2, 0.25) is 0 Å². The first-order valence-electron chi connectivity index (χ1n) is 6.72. The van der Waals surface area contributed by atoms with E-state index in [1.165, 1.54) is 6.07 Å². The predicted octanol–water partition coefficient (Wildman–Crippen LogP) is 1.13. The Kier molecular flexibility index (Phi) is 4.35. The van der Waals surface area contributed by atoms with Crippen molar-refractivity contribution >= 4 is 5.82 Å². The number of aromatic amines is 1. The molecule has 0 aliphatic heterocycles. The molecule has 0 spiro atoms. The molecule has 0 aliphatic rings. The molecule has 0 radical (unpaired) electrons. The van der Waals surface area contributed by atoms with Crippen LogP contribution in [0.1, 0.15) is 16.7 Å². The van der Waals surface area contributed by atoms with Crippen LogP contribution in [0, 0.1) is 22.7 Å². The molecule has 0 saturated carbocycles. The molecule has 0 atom stereocenters. The van der Waals surface area contributed by atoms with Crippen molar-refractivity contribution < 1.29 is 5.11 Å². The number of H-pyrrole nitrogens is 1. The Morgan fingerprint density at radius 1 is 1.26 bits per heavy atom. The van der Waals surface area contributed by atoms with Crippen LogP contribution in [0.4, 0.5) is 5.82 Å². The number of pyridine rings is 1. The smallest absolute Gasteiger partial charge is 0.268 e. The van der Waals surface area contributed by atoms with E-state index in [1.54, 1.807) is 12.1 Å². The standard InChI is InChI=1S/C16H15N5O2/c1-21(2)8-10-5-9(3-4-13(10)22)14-11(6-17)15(19)20-16(23)12(14)7-18/h3-5,22H,8H2,1-2H3,(H3,19,20,23). The summed E-state index contributed by atoms with van der Waals surface area (Å²) in [6.45, 7) is 0.460. The first-order valence-corrected chi connectivity index (χ1v) is 6.72. The van der Waals surface area contributed by atoms with Crippen LogP contribution in [-0.2, 0) is 6.54 Å². The summed E-state index contributed by atoms with van der Waals surface area (Å²) >= 11 is 0. The Balaban J connectivity index is 2.80. The largest absolute Gasteiger partial charge is 0.508 e. The van der Waals surface area contributed by atoms with Gasteiger partial charge in [-0.25, -0.2) is 0 Å². The fourth-order valence-corrected chi connectivity index (χ4v) is 2.34. The lowest BCUT2D eigenvalue weighted by Crippen LogP contribution is -2.16. The SMILES string of the molecule is CN(C)Cc1cc(-c2c(C#N)c(N)[nH]c(=O)c2C#N)ccc1O. The molecule has 2 aromatic rings. The number of hydrogen-bond acceptors (Lipinski definition) is 6. The molecule has 0 amide bonds. The molecular weight excluding hydrogens is 294 g/mol. The molecule has 23 heavy (non-hydrogen) atoms. The number of nitrogen functional groups attached to an aromatic ring is 1. The number of benzene rings is 1. The van der Waals surface area contributed by atoms with Crippen LogP contribution in [0.3, 0.4) is 0 Å². The summed E-state index contributed by atoms with van der Waals surface area (Å²) in [5.41, 5.74) is 6.16. The molecule has 0 unspecified atom stereocenters. The Morgan fingerprint density at radius 3 is 2.48 bits per heavy atom. The van der Waals surface area contributed by atoms with Gasteiger partial charge in [-0.2, -0.15) is 10.5 Å². The van der Waals surface area contributed by atoms with Gasteiger partial charge in [-0.05, 0) is 31.8 Å². The number of aromatic nitrogens is 1. The highest BCUT2D eigenvalue weighted by molar-refractivity contribution is 5.80. The second kappa shape index (κ2) is 6.22. The maximum Gasteiger partial charge on any atom is 0.268 e. The molecule has 0 fully saturated rings. The van der Waals surface area contributed by atoms with E-state index in [1.807, 2.05) is 31.1 Å². The predicted molar refractivity (Wildman–Crippen MR) is 85.4 cm³/mol. The highest BCUT2D eigenvalue weighted by atomic mass is 16.3. The van der Waals surface area contributed by atoms with Gasteiger partial charge in [-0.3, -0.25) is 4.79 Å². The van der Waals surface area contributed by atoms with Gasteiger partial charge < -0.3 is 20.7 Å². The molecule has 7 heteroatoms. The van der Waals surface area contributed by atoms with Gasteiger partial charge in [-0.15, -0.1) is 0 Å². The van der Waals surface area contributed by atoms with Gasteiger partial charge in [0.1, 0.15) is 34.8 Å². The lowest BCUT2D eigenvalue weighted by molar-refractivity contribution is 0.386. The van der Waals surface area contributed by atoms with Crippen molar-refractivity contribution in [1.82, 2.24) is 9.88 Å². The maximum atomic E-state index is 11.9. The molecule has 0 bridgehead atoms. The number of nitrogens with two attached hydrogens (primary N) is 1. The maximum absolute atomic E-state index is 11.9. The van der Waals surface area contributed by atoms with E-state index < -0.39 is 5.56 Å². The quantitative estimate of drug-likeness (QED) is 0.779. The zero-order chi connectivity index (χ0) is 17.1. The summed E-state index contributed by atoms with van der Waals surface area (Å²) in [5, 5.41) is 28.5. The summed E-state index contributed by atoms with van der Waals surface area (Å²) in [7, 11) is 3.69. The Bertz CT molecular complexity index is 900. The van der Waals surface area contributed by atoms with E-state index in [9.17, 15) is 20.4 Å². The molecule has 7 nitrogen and oxygen atoms in total. The third-order valence-electron chi connectivity index (χ3n) is 3.32. The average molecular weight is 309 g/mol. The minimum Gasteiger partial charge on any atom is -0.508 e. The number of aromatic hydroxyl groups is 1. The van der Waals surface area contributed by atoms with Crippen molar-refractivity contribution in [1.29, 1.82) is 10.5 Å². The monoisotopic (exact) mass is 309 g/mol. The molecule has 1 aromatic heterocycles. The van der Waals surface area contributed by atoms with Crippen molar-refractivity contribution in [3.05, 3.63) is 45.2 Å². The molecular formula is C16H15N5O2. The van der Waals surface area contributed by atoms with Crippen molar-refractivity contribution in [2.45, 2.75) is 6.54 Å². The summed E-state index contributed by atoms with van der Waals surface area (Å²) in [6, 6.07) is 8.39. The highest BCUT2D eigenvalue weighted by Gasteiger charge is 2.19. The van der Waals surface area contributed by atoms with Gasteiger partial charge in [-0.1, -0.05) is 6.07 Å². The second-order valence-corrected chi connectivity index (χ2v) is 5.30. The Hall–Kier alpha value is -3.29. The molecule has 1 heterocycles. The minimum atomic E-state index is -0.652. The van der Waals surface area contributed by atoms with Crippen LogP contribution in [0.15, 0.2) is 23.0 Å². The van der Waals surface area contributed by atoms with Gasteiger partial charge in [0.15, 0.2) is 0 Å². The van der Waals surface area contributed by atoms with Gasteiger partial charge in [0.05, 0.1) is 0 Å². The van der Waals surface area contributed by atoms with Crippen molar-refractivity contribution in [2.24, 2.45) is 0 Å². The lowest BCUT2D eigenvalue weighted by atomic mass is 9.95. The van der Waals surface area contributed by atoms with E-state index >= 15 is 0 Å². The van der Waals surface area contributed by atoms with Crippen LogP contribution >= 0.6 is 0 Å².